The zero-order valence-electron chi connectivity index (χ0n) is 15.3. The average Bonchev–Trinajstić information content (AvgIpc) is 3.35. The zero-order valence-corrected chi connectivity index (χ0v) is 15.3. The molecule has 4 heteroatoms. The normalized spacial score (nSPS) is 19.2. The van der Waals surface area contributed by atoms with Crippen LogP contribution in [0.2, 0.25) is 0 Å². The van der Waals surface area contributed by atoms with Gasteiger partial charge in [0, 0.05) is 18.8 Å². The highest BCUT2D eigenvalue weighted by Gasteiger charge is 2.49. The van der Waals surface area contributed by atoms with Crippen LogP contribution >= 0.6 is 0 Å². The van der Waals surface area contributed by atoms with Crippen LogP contribution in [0.3, 0.4) is 0 Å². The molecule has 1 aromatic carbocycles. The number of hydrogen-bond donors (Lipinski definition) is 1. The van der Waals surface area contributed by atoms with Crippen molar-refractivity contribution in [1.29, 1.82) is 0 Å². The van der Waals surface area contributed by atoms with E-state index in [0.717, 1.165) is 31.6 Å². The van der Waals surface area contributed by atoms with E-state index in [4.69, 9.17) is 0 Å². The topological polar surface area (TPSA) is 49.4 Å². The molecule has 2 unspecified atom stereocenters. The van der Waals surface area contributed by atoms with Crippen molar-refractivity contribution in [2.24, 2.45) is 11.8 Å². The van der Waals surface area contributed by atoms with Crippen LogP contribution < -0.4 is 5.32 Å². The minimum absolute atomic E-state index is 0.0291. The molecule has 0 aromatic heterocycles. The fraction of sp³-hybridized carbons (Fsp3) is 0.600. The van der Waals surface area contributed by atoms with E-state index in [1.54, 1.807) is 0 Å². The highest BCUT2D eigenvalue weighted by molar-refractivity contribution is 5.99. The third-order valence-electron chi connectivity index (χ3n) is 4.59. The summed E-state index contributed by atoms with van der Waals surface area (Å²) in [6, 6.07) is 7.96. The van der Waals surface area contributed by atoms with Crippen LogP contribution in [0.1, 0.15) is 58.4 Å². The Kier molecular flexibility index (Phi) is 6.41. The number of anilines is 1. The number of nitrogens with zero attached hydrogens (tertiary/aromatic N) is 1. The van der Waals surface area contributed by atoms with Gasteiger partial charge in [0.15, 0.2) is 0 Å². The van der Waals surface area contributed by atoms with Gasteiger partial charge in [-0.1, -0.05) is 39.8 Å². The quantitative estimate of drug-likeness (QED) is 0.782. The molecule has 24 heavy (non-hydrogen) atoms. The van der Waals surface area contributed by atoms with Crippen LogP contribution in [0.25, 0.3) is 0 Å². The van der Waals surface area contributed by atoms with E-state index in [9.17, 15) is 9.59 Å². The summed E-state index contributed by atoms with van der Waals surface area (Å²) in [5.74, 6) is 0.299. The molecule has 132 valence electrons. The second-order valence-electron chi connectivity index (χ2n) is 7.04. The molecule has 1 aliphatic rings. The molecule has 1 aliphatic carbocycles. The molecule has 2 rings (SSSR count). The second-order valence-corrected chi connectivity index (χ2v) is 7.04. The maximum absolute atomic E-state index is 12.5. The number of benzene rings is 1. The first-order valence-electron chi connectivity index (χ1n) is 9.17. The van der Waals surface area contributed by atoms with Crippen LogP contribution in [-0.4, -0.2) is 29.8 Å². The monoisotopic (exact) mass is 330 g/mol. The Morgan fingerprint density at radius 1 is 1.08 bits per heavy atom. The van der Waals surface area contributed by atoms with E-state index in [0.29, 0.717) is 12.3 Å². The smallest absolute Gasteiger partial charge is 0.228 e. The Bertz CT molecular complexity index is 560. The van der Waals surface area contributed by atoms with Gasteiger partial charge in [0.25, 0.3) is 0 Å². The SMILES string of the molecule is CCCN(CCC)C(=O)C1CC1C(=O)Nc1ccc(C(C)C)cc1. The summed E-state index contributed by atoms with van der Waals surface area (Å²) in [7, 11) is 0. The van der Waals surface area contributed by atoms with Crippen LogP contribution in [-0.2, 0) is 9.59 Å². The fourth-order valence-corrected chi connectivity index (χ4v) is 3.05. The first kappa shape index (κ1) is 18.5. The summed E-state index contributed by atoms with van der Waals surface area (Å²) in [5, 5.41) is 2.95. The van der Waals surface area contributed by atoms with E-state index in [1.165, 1.54) is 5.56 Å². The largest absolute Gasteiger partial charge is 0.342 e. The van der Waals surface area contributed by atoms with Crippen molar-refractivity contribution < 1.29 is 9.59 Å². The van der Waals surface area contributed by atoms with Crippen LogP contribution in [0.15, 0.2) is 24.3 Å². The highest BCUT2D eigenvalue weighted by Crippen LogP contribution is 2.41. The van der Waals surface area contributed by atoms with Crippen molar-refractivity contribution in [3.05, 3.63) is 29.8 Å². The van der Waals surface area contributed by atoms with Gasteiger partial charge in [0.2, 0.25) is 11.8 Å². The molecule has 2 atom stereocenters. The molecule has 0 radical (unpaired) electrons. The summed E-state index contributed by atoms with van der Waals surface area (Å²) in [5.41, 5.74) is 2.06. The first-order chi connectivity index (χ1) is 11.5. The summed E-state index contributed by atoms with van der Waals surface area (Å²) in [6.07, 6.45) is 2.59. The molecule has 1 fully saturated rings. The lowest BCUT2D eigenvalue weighted by Crippen LogP contribution is -2.34. The van der Waals surface area contributed by atoms with Gasteiger partial charge in [0.1, 0.15) is 0 Å². The van der Waals surface area contributed by atoms with Gasteiger partial charge in [-0.25, -0.2) is 0 Å². The van der Waals surface area contributed by atoms with Gasteiger partial charge >= 0.3 is 0 Å². The van der Waals surface area contributed by atoms with Gasteiger partial charge in [-0.2, -0.15) is 0 Å². The van der Waals surface area contributed by atoms with E-state index in [1.807, 2.05) is 29.2 Å². The lowest BCUT2D eigenvalue weighted by atomic mass is 10.0. The van der Waals surface area contributed by atoms with Crippen molar-refractivity contribution in [3.8, 4) is 0 Å². The van der Waals surface area contributed by atoms with Gasteiger partial charge < -0.3 is 10.2 Å². The third kappa shape index (κ3) is 4.59. The van der Waals surface area contributed by atoms with Crippen LogP contribution in [0.4, 0.5) is 5.69 Å². The fourth-order valence-electron chi connectivity index (χ4n) is 3.05. The van der Waals surface area contributed by atoms with E-state index in [-0.39, 0.29) is 23.7 Å². The maximum Gasteiger partial charge on any atom is 0.228 e. The summed E-state index contributed by atoms with van der Waals surface area (Å²) in [6.45, 7) is 10.0. The Labute approximate surface area is 145 Å². The van der Waals surface area contributed by atoms with Crippen molar-refractivity contribution in [2.75, 3.05) is 18.4 Å². The minimum atomic E-state index is -0.168. The maximum atomic E-state index is 12.5. The summed E-state index contributed by atoms with van der Waals surface area (Å²) in [4.78, 5) is 26.8. The predicted octanol–water partition coefficient (Wildman–Crippen LogP) is 4.03. The van der Waals surface area contributed by atoms with Gasteiger partial charge in [-0.15, -0.1) is 0 Å². The molecule has 1 aromatic rings. The lowest BCUT2D eigenvalue weighted by Gasteiger charge is -2.21. The average molecular weight is 330 g/mol. The molecule has 2 amide bonds. The molecule has 0 aliphatic heterocycles. The molecule has 0 bridgehead atoms. The van der Waals surface area contributed by atoms with Crippen molar-refractivity contribution >= 4 is 17.5 Å². The molecular weight excluding hydrogens is 300 g/mol. The molecule has 4 nitrogen and oxygen atoms in total. The van der Waals surface area contributed by atoms with Crippen molar-refractivity contribution in [1.82, 2.24) is 4.90 Å². The Hall–Kier alpha value is -1.84. The lowest BCUT2D eigenvalue weighted by molar-refractivity contribution is -0.134. The number of amides is 2. The standard InChI is InChI=1S/C20H30N2O2/c1-5-11-22(12-6-2)20(24)18-13-17(18)19(23)21-16-9-7-15(8-10-16)14(3)4/h7-10,14,17-18H,5-6,11-13H2,1-4H3,(H,21,23). The van der Waals surface area contributed by atoms with E-state index >= 15 is 0 Å². The molecule has 0 saturated heterocycles. The van der Waals surface area contributed by atoms with Crippen molar-refractivity contribution in [2.45, 2.75) is 52.9 Å². The number of rotatable bonds is 8. The van der Waals surface area contributed by atoms with Gasteiger partial charge in [-0.3, -0.25) is 9.59 Å². The Morgan fingerprint density at radius 2 is 1.67 bits per heavy atom. The van der Waals surface area contributed by atoms with E-state index < -0.39 is 0 Å². The van der Waals surface area contributed by atoms with E-state index in [2.05, 4.69) is 33.0 Å². The summed E-state index contributed by atoms with van der Waals surface area (Å²) < 4.78 is 0. The third-order valence-corrected chi connectivity index (χ3v) is 4.59. The van der Waals surface area contributed by atoms with Crippen molar-refractivity contribution in [3.63, 3.8) is 0 Å². The molecule has 0 spiro atoms. The van der Waals surface area contributed by atoms with Gasteiger partial charge in [-0.05, 0) is 42.9 Å². The number of carbonyl (C=O) groups is 2. The minimum Gasteiger partial charge on any atom is -0.342 e. The molecule has 0 heterocycles. The zero-order chi connectivity index (χ0) is 17.7. The first-order valence-corrected chi connectivity index (χ1v) is 9.17. The Morgan fingerprint density at radius 3 is 2.17 bits per heavy atom. The molecule has 1 N–H and O–H groups in total. The van der Waals surface area contributed by atoms with Crippen LogP contribution in [0, 0.1) is 11.8 Å². The molecular formula is C20H30N2O2. The van der Waals surface area contributed by atoms with Crippen LogP contribution in [0.5, 0.6) is 0 Å². The van der Waals surface area contributed by atoms with Gasteiger partial charge in [0.05, 0.1) is 11.8 Å². The number of carbonyl (C=O) groups excluding carboxylic acids is 2. The number of hydrogen-bond acceptors (Lipinski definition) is 2. The highest BCUT2D eigenvalue weighted by atomic mass is 16.2. The predicted molar refractivity (Wildman–Crippen MR) is 97.9 cm³/mol. The Balaban J connectivity index is 1.89. The number of nitrogens with one attached hydrogen (secondary N) is 1. The second kappa shape index (κ2) is 8.32. The summed E-state index contributed by atoms with van der Waals surface area (Å²) >= 11 is 0. The molecule has 1 saturated carbocycles.